The van der Waals surface area contributed by atoms with E-state index in [9.17, 15) is 24.9 Å². The molecule has 9 nitrogen and oxygen atoms in total. The molecular weight excluding hydrogens is 500 g/mol. The average Bonchev–Trinajstić information content (AvgIpc) is 2.93. The van der Waals surface area contributed by atoms with E-state index in [1.807, 2.05) is 12.2 Å². The largest absolute Gasteiger partial charge is 0.394 e. The maximum Gasteiger partial charge on any atom is 0.239 e. The minimum atomic E-state index is -1.60. The molecule has 0 aromatic rings. The second kappa shape index (κ2) is 22.0. The Kier molecular flexibility index (Phi) is 19.3. The van der Waals surface area contributed by atoms with Gasteiger partial charge in [0.05, 0.1) is 13.2 Å². The number of aliphatic hydroxyl groups excluding tert-OH is 4. The molecule has 1 rings (SSSR count). The molecule has 1 heterocycles. The minimum Gasteiger partial charge on any atom is -0.394 e. The third-order valence-corrected chi connectivity index (χ3v) is 5.81. The zero-order valence-electron chi connectivity index (χ0n) is 22.9. The number of allylic oxidation sites excluding steroid dienone is 12. The first-order valence-corrected chi connectivity index (χ1v) is 13.7. The van der Waals surface area contributed by atoms with Gasteiger partial charge in [0.2, 0.25) is 11.8 Å². The highest BCUT2D eigenvalue weighted by Gasteiger charge is 2.44. The third kappa shape index (κ3) is 16.0. The summed E-state index contributed by atoms with van der Waals surface area (Å²) in [6, 6.07) is -1.29. The van der Waals surface area contributed by atoms with Crippen LogP contribution < -0.4 is 10.6 Å². The van der Waals surface area contributed by atoms with Crippen LogP contribution in [0.1, 0.15) is 58.3 Å². The van der Waals surface area contributed by atoms with Gasteiger partial charge in [-0.25, -0.2) is 0 Å². The number of rotatable bonds is 18. The summed E-state index contributed by atoms with van der Waals surface area (Å²) in [6.45, 7) is 1.19. The molecule has 1 saturated heterocycles. The summed E-state index contributed by atoms with van der Waals surface area (Å²) in [5.41, 5.74) is 0. The van der Waals surface area contributed by atoms with Crippen LogP contribution in [0.3, 0.4) is 0 Å². The van der Waals surface area contributed by atoms with Gasteiger partial charge < -0.3 is 35.8 Å². The van der Waals surface area contributed by atoms with Crippen molar-refractivity contribution in [3.05, 3.63) is 72.9 Å². The predicted octanol–water partition coefficient (Wildman–Crippen LogP) is 2.50. The van der Waals surface area contributed by atoms with E-state index in [4.69, 9.17) is 9.84 Å². The van der Waals surface area contributed by atoms with Gasteiger partial charge in [-0.15, -0.1) is 0 Å². The Balaban J connectivity index is 2.09. The Bertz CT molecular complexity index is 863. The molecule has 6 N–H and O–H groups in total. The summed E-state index contributed by atoms with van der Waals surface area (Å²) >= 11 is 0. The van der Waals surface area contributed by atoms with Crippen molar-refractivity contribution in [2.24, 2.45) is 0 Å². The van der Waals surface area contributed by atoms with E-state index in [1.54, 1.807) is 0 Å². The Morgan fingerprint density at radius 2 is 1.21 bits per heavy atom. The standard InChI is InChI=1S/C30H46N2O7/c1-2-3-4-5-6-7-8-9-10-11-12-13-14-15-16-17-18-19-20-21-25(34)31-22-26(35)32-27-29(37)28(36)24(23-33)39-30(27)38/h3-4,6-7,9-10,12-13,15-16,18-19,24,27-30,33,36-38H,2,5,8,11,14,17,20-23H2,1H3,(H,31,34)(H,32,35)/b4-3-,7-6-,10-9-,13-12-,16-15-,19-18-/t24-,27-,28-,29-,30-/m1/s1. The van der Waals surface area contributed by atoms with Crippen molar-refractivity contribution in [2.45, 2.75) is 88.9 Å². The lowest BCUT2D eigenvalue weighted by Crippen LogP contribution is -2.64. The van der Waals surface area contributed by atoms with Crippen molar-refractivity contribution in [1.29, 1.82) is 0 Å². The molecule has 0 unspecified atom stereocenters. The highest BCUT2D eigenvalue weighted by atomic mass is 16.6. The van der Waals surface area contributed by atoms with E-state index in [0.29, 0.717) is 6.42 Å². The van der Waals surface area contributed by atoms with Gasteiger partial charge in [-0.2, -0.15) is 0 Å². The van der Waals surface area contributed by atoms with E-state index < -0.39 is 43.2 Å². The van der Waals surface area contributed by atoms with Crippen LogP contribution in [0.25, 0.3) is 0 Å². The van der Waals surface area contributed by atoms with Gasteiger partial charge in [0.25, 0.3) is 0 Å². The number of hydrogen-bond acceptors (Lipinski definition) is 7. The van der Waals surface area contributed by atoms with Crippen molar-refractivity contribution in [1.82, 2.24) is 10.6 Å². The van der Waals surface area contributed by atoms with Gasteiger partial charge in [0, 0.05) is 6.42 Å². The first kappa shape index (κ1) is 34.2. The SMILES string of the molecule is CC/C=C\C/C=C\C/C=C\C/C=C\C/C=C\C/C=C\CCC(=O)NCC(=O)N[C@@H]1[C@@H](O)[C@H](O)[C@@H](CO)O[C@H]1O. The fraction of sp³-hybridized carbons (Fsp3) is 0.533. The lowest BCUT2D eigenvalue weighted by atomic mass is 9.97. The van der Waals surface area contributed by atoms with E-state index in [2.05, 4.69) is 78.3 Å². The summed E-state index contributed by atoms with van der Waals surface area (Å²) in [6.07, 6.45) is 26.0. The van der Waals surface area contributed by atoms with E-state index in [1.165, 1.54) is 0 Å². The Hall–Kier alpha value is -2.82. The lowest BCUT2D eigenvalue weighted by molar-refractivity contribution is -0.253. The molecule has 0 aromatic heterocycles. The molecule has 0 saturated carbocycles. The topological polar surface area (TPSA) is 148 Å². The summed E-state index contributed by atoms with van der Waals surface area (Å²) < 4.78 is 4.98. The predicted molar refractivity (Wildman–Crippen MR) is 152 cm³/mol. The van der Waals surface area contributed by atoms with Crippen LogP contribution in [0.15, 0.2) is 72.9 Å². The van der Waals surface area contributed by atoms with Crippen molar-refractivity contribution >= 4 is 11.8 Å². The fourth-order valence-electron chi connectivity index (χ4n) is 3.61. The Morgan fingerprint density at radius 1 is 0.718 bits per heavy atom. The molecule has 2 amide bonds. The molecule has 39 heavy (non-hydrogen) atoms. The van der Waals surface area contributed by atoms with E-state index in [-0.39, 0.29) is 18.9 Å². The van der Waals surface area contributed by atoms with Crippen LogP contribution in [0.5, 0.6) is 0 Å². The summed E-state index contributed by atoms with van der Waals surface area (Å²) in [4.78, 5) is 24.0. The molecule has 0 radical (unpaired) electrons. The normalized spacial score (nSPS) is 24.3. The van der Waals surface area contributed by atoms with Gasteiger partial charge >= 0.3 is 0 Å². The van der Waals surface area contributed by atoms with Crippen LogP contribution in [-0.2, 0) is 14.3 Å². The quantitative estimate of drug-likeness (QED) is 0.145. The van der Waals surface area contributed by atoms with Gasteiger partial charge in [0.1, 0.15) is 24.4 Å². The lowest BCUT2D eigenvalue weighted by Gasteiger charge is -2.40. The van der Waals surface area contributed by atoms with E-state index in [0.717, 1.165) is 38.5 Å². The number of carbonyl (C=O) groups is 2. The Labute approximate surface area is 232 Å². The molecule has 1 aliphatic heterocycles. The highest BCUT2D eigenvalue weighted by Crippen LogP contribution is 2.19. The monoisotopic (exact) mass is 546 g/mol. The Morgan fingerprint density at radius 3 is 1.69 bits per heavy atom. The fourth-order valence-corrected chi connectivity index (χ4v) is 3.61. The van der Waals surface area contributed by atoms with Crippen LogP contribution >= 0.6 is 0 Å². The van der Waals surface area contributed by atoms with Crippen molar-refractivity contribution < 1.29 is 34.8 Å². The van der Waals surface area contributed by atoms with Crippen LogP contribution in [0, 0.1) is 0 Å². The van der Waals surface area contributed by atoms with Gasteiger partial charge in [-0.1, -0.05) is 79.8 Å². The summed E-state index contributed by atoms with van der Waals surface area (Å²) in [5.74, 6) is -0.968. The third-order valence-electron chi connectivity index (χ3n) is 5.81. The van der Waals surface area contributed by atoms with Gasteiger partial charge in [0.15, 0.2) is 6.29 Å². The number of aliphatic hydroxyl groups is 4. The zero-order chi connectivity index (χ0) is 28.7. The number of nitrogens with one attached hydrogen (secondary N) is 2. The number of amides is 2. The van der Waals surface area contributed by atoms with Gasteiger partial charge in [-0.3, -0.25) is 9.59 Å². The highest BCUT2D eigenvalue weighted by molar-refractivity contribution is 5.84. The van der Waals surface area contributed by atoms with Crippen LogP contribution in [0.4, 0.5) is 0 Å². The molecule has 1 aliphatic rings. The minimum absolute atomic E-state index is 0.212. The number of carbonyl (C=O) groups excluding carboxylic acids is 2. The molecule has 1 fully saturated rings. The average molecular weight is 547 g/mol. The number of hydrogen-bond donors (Lipinski definition) is 6. The van der Waals surface area contributed by atoms with Crippen LogP contribution in [-0.4, -0.2) is 76.0 Å². The van der Waals surface area contributed by atoms with Crippen LogP contribution in [0.2, 0.25) is 0 Å². The molecule has 0 aromatic carbocycles. The molecule has 0 spiro atoms. The molecule has 9 heteroatoms. The second-order valence-electron chi connectivity index (χ2n) is 9.05. The second-order valence-corrected chi connectivity index (χ2v) is 9.05. The first-order valence-electron chi connectivity index (χ1n) is 13.7. The molecule has 0 aliphatic carbocycles. The van der Waals surface area contributed by atoms with Gasteiger partial charge in [-0.05, 0) is 44.9 Å². The summed E-state index contributed by atoms with van der Waals surface area (Å²) in [5, 5.41) is 43.6. The molecule has 0 bridgehead atoms. The van der Waals surface area contributed by atoms with Crippen molar-refractivity contribution in [3.8, 4) is 0 Å². The number of ether oxygens (including phenoxy) is 1. The van der Waals surface area contributed by atoms with Crippen molar-refractivity contribution in [2.75, 3.05) is 13.2 Å². The van der Waals surface area contributed by atoms with E-state index >= 15 is 0 Å². The zero-order valence-corrected chi connectivity index (χ0v) is 22.9. The molecule has 218 valence electrons. The summed E-state index contributed by atoms with van der Waals surface area (Å²) in [7, 11) is 0. The maximum absolute atomic E-state index is 12.0. The first-order chi connectivity index (χ1) is 18.9. The maximum atomic E-state index is 12.0. The molecular formula is C30H46N2O7. The van der Waals surface area contributed by atoms with Crippen molar-refractivity contribution in [3.63, 3.8) is 0 Å². The smallest absolute Gasteiger partial charge is 0.239 e. The molecule has 5 atom stereocenters.